The zero-order valence-corrected chi connectivity index (χ0v) is 11.2. The summed E-state index contributed by atoms with van der Waals surface area (Å²) in [5.41, 5.74) is 2.98. The molecular formula is C15H19N3O. The summed E-state index contributed by atoms with van der Waals surface area (Å²) in [5, 5.41) is 12.5. The average molecular weight is 257 g/mol. The van der Waals surface area contributed by atoms with E-state index in [9.17, 15) is 0 Å². The van der Waals surface area contributed by atoms with Gasteiger partial charge in [-0.2, -0.15) is 5.26 Å². The van der Waals surface area contributed by atoms with Crippen LogP contribution in [0.1, 0.15) is 22.8 Å². The molecule has 0 aliphatic carbocycles. The van der Waals surface area contributed by atoms with Crippen LogP contribution in [0.2, 0.25) is 0 Å². The van der Waals surface area contributed by atoms with Crippen molar-refractivity contribution in [1.29, 1.82) is 5.26 Å². The molecule has 2 heterocycles. The molecule has 19 heavy (non-hydrogen) atoms. The van der Waals surface area contributed by atoms with Gasteiger partial charge in [-0.15, -0.1) is 0 Å². The minimum absolute atomic E-state index is 0.0997. The number of benzene rings is 1. The van der Waals surface area contributed by atoms with E-state index in [1.807, 2.05) is 19.1 Å². The van der Waals surface area contributed by atoms with Gasteiger partial charge in [0.25, 0.3) is 0 Å². The van der Waals surface area contributed by atoms with E-state index in [-0.39, 0.29) is 6.10 Å². The molecule has 4 heteroatoms. The van der Waals surface area contributed by atoms with E-state index in [2.05, 4.69) is 22.4 Å². The number of nitrogens with one attached hydrogen (secondary N) is 1. The van der Waals surface area contributed by atoms with Crippen molar-refractivity contribution in [2.75, 3.05) is 32.8 Å². The molecule has 0 spiro atoms. The first kappa shape index (κ1) is 12.6. The lowest BCUT2D eigenvalue weighted by atomic mass is 9.97. The molecule has 2 aliphatic heterocycles. The van der Waals surface area contributed by atoms with Gasteiger partial charge in [0.2, 0.25) is 0 Å². The molecule has 2 atom stereocenters. The molecule has 100 valence electrons. The van der Waals surface area contributed by atoms with Crippen molar-refractivity contribution in [3.63, 3.8) is 0 Å². The third-order valence-corrected chi connectivity index (χ3v) is 4.21. The van der Waals surface area contributed by atoms with Gasteiger partial charge in [0.05, 0.1) is 24.3 Å². The molecule has 0 unspecified atom stereocenters. The van der Waals surface area contributed by atoms with Crippen LogP contribution < -0.4 is 5.32 Å². The van der Waals surface area contributed by atoms with Crippen molar-refractivity contribution in [3.8, 4) is 6.07 Å². The molecule has 0 aromatic heterocycles. The zero-order chi connectivity index (χ0) is 13.2. The van der Waals surface area contributed by atoms with Crippen molar-refractivity contribution in [2.45, 2.75) is 19.1 Å². The number of nitrogens with zero attached hydrogens (tertiary/aromatic N) is 2. The van der Waals surface area contributed by atoms with E-state index in [0.717, 1.165) is 49.5 Å². The number of fused-ring (bicyclic) bond motifs is 1. The second-order valence-electron chi connectivity index (χ2n) is 5.31. The maximum Gasteiger partial charge on any atom is 0.0994 e. The molecule has 2 aliphatic rings. The van der Waals surface area contributed by atoms with Crippen LogP contribution in [-0.4, -0.2) is 43.7 Å². The predicted octanol–water partition coefficient (Wildman–Crippen LogP) is 1.21. The van der Waals surface area contributed by atoms with Crippen molar-refractivity contribution < 1.29 is 4.74 Å². The molecule has 0 radical (unpaired) electrons. The fourth-order valence-electron chi connectivity index (χ4n) is 3.01. The Hall–Kier alpha value is -1.41. The van der Waals surface area contributed by atoms with Crippen LogP contribution in [0.3, 0.4) is 0 Å². The Morgan fingerprint density at radius 3 is 3.21 bits per heavy atom. The molecular weight excluding hydrogens is 238 g/mol. The largest absolute Gasteiger partial charge is 0.370 e. The number of hydrogen-bond acceptors (Lipinski definition) is 4. The van der Waals surface area contributed by atoms with E-state index in [1.165, 1.54) is 0 Å². The number of hydrogen-bond donors (Lipinski definition) is 1. The molecule has 2 saturated heterocycles. The topological polar surface area (TPSA) is 48.3 Å². The fraction of sp³-hybridized carbons (Fsp3) is 0.533. The predicted molar refractivity (Wildman–Crippen MR) is 72.8 cm³/mol. The van der Waals surface area contributed by atoms with E-state index in [0.29, 0.717) is 6.04 Å². The number of morpholine rings is 1. The Balaban J connectivity index is 1.82. The number of ether oxygens (including phenoxy) is 1. The first-order valence-corrected chi connectivity index (χ1v) is 6.85. The highest BCUT2D eigenvalue weighted by atomic mass is 16.5. The van der Waals surface area contributed by atoms with Gasteiger partial charge in [-0.25, -0.2) is 0 Å². The highest BCUT2D eigenvalue weighted by Crippen LogP contribution is 2.28. The Bertz CT molecular complexity index is 509. The van der Waals surface area contributed by atoms with Gasteiger partial charge < -0.3 is 10.1 Å². The molecule has 4 nitrogen and oxygen atoms in total. The summed E-state index contributed by atoms with van der Waals surface area (Å²) < 4.78 is 6.02. The quantitative estimate of drug-likeness (QED) is 0.821. The van der Waals surface area contributed by atoms with E-state index < -0.39 is 0 Å². The summed E-state index contributed by atoms with van der Waals surface area (Å²) in [5.74, 6) is 0. The van der Waals surface area contributed by atoms with Crippen LogP contribution >= 0.6 is 0 Å². The van der Waals surface area contributed by atoms with Crippen molar-refractivity contribution >= 4 is 0 Å². The maximum absolute atomic E-state index is 9.12. The van der Waals surface area contributed by atoms with E-state index >= 15 is 0 Å². The third kappa shape index (κ3) is 2.37. The Morgan fingerprint density at radius 2 is 2.37 bits per heavy atom. The van der Waals surface area contributed by atoms with Gasteiger partial charge in [0.15, 0.2) is 0 Å². The zero-order valence-electron chi connectivity index (χ0n) is 11.2. The van der Waals surface area contributed by atoms with Gasteiger partial charge in [0, 0.05) is 32.2 Å². The van der Waals surface area contributed by atoms with Crippen LogP contribution in [0.25, 0.3) is 0 Å². The summed E-state index contributed by atoms with van der Waals surface area (Å²) >= 11 is 0. The van der Waals surface area contributed by atoms with Crippen LogP contribution in [0.4, 0.5) is 0 Å². The second kappa shape index (κ2) is 5.30. The van der Waals surface area contributed by atoms with E-state index in [4.69, 9.17) is 10.00 Å². The lowest BCUT2D eigenvalue weighted by molar-refractivity contribution is -0.0720. The first-order valence-electron chi connectivity index (χ1n) is 6.85. The minimum Gasteiger partial charge on any atom is -0.370 e. The standard InChI is InChI=1S/C15H19N3O/c1-11-12(7-16)3-2-4-14(11)15-9-18-6-5-17-8-13(18)10-19-15/h2-4,13,15,17H,5-6,8-10H2,1H3/t13-,15+/m1/s1. The summed E-state index contributed by atoms with van der Waals surface area (Å²) in [4.78, 5) is 2.50. The van der Waals surface area contributed by atoms with Crippen LogP contribution in [0, 0.1) is 18.3 Å². The minimum atomic E-state index is 0.0997. The highest BCUT2D eigenvalue weighted by Gasteiger charge is 2.31. The average Bonchev–Trinajstić information content (AvgIpc) is 2.47. The number of rotatable bonds is 1. The molecule has 0 bridgehead atoms. The van der Waals surface area contributed by atoms with Gasteiger partial charge in [0.1, 0.15) is 0 Å². The van der Waals surface area contributed by atoms with E-state index in [1.54, 1.807) is 0 Å². The monoisotopic (exact) mass is 257 g/mol. The SMILES string of the molecule is Cc1c(C#N)cccc1[C@@H]1CN2CCNC[C@@H]2CO1. The molecule has 1 aromatic rings. The highest BCUT2D eigenvalue weighted by molar-refractivity contribution is 5.43. The molecule has 0 saturated carbocycles. The Kier molecular flexibility index (Phi) is 3.52. The summed E-state index contributed by atoms with van der Waals surface area (Å²) in [6.45, 7) is 6.88. The maximum atomic E-state index is 9.12. The first-order chi connectivity index (χ1) is 9.29. The number of piperazine rings is 1. The summed E-state index contributed by atoms with van der Waals surface area (Å²) in [6, 6.07) is 8.67. The molecule has 0 amide bonds. The van der Waals surface area contributed by atoms with Gasteiger partial charge >= 0.3 is 0 Å². The third-order valence-electron chi connectivity index (χ3n) is 4.21. The lowest BCUT2D eigenvalue weighted by Crippen LogP contribution is -2.57. The van der Waals surface area contributed by atoms with Crippen LogP contribution in [0.15, 0.2) is 18.2 Å². The Morgan fingerprint density at radius 1 is 1.47 bits per heavy atom. The number of nitriles is 1. The van der Waals surface area contributed by atoms with Crippen molar-refractivity contribution in [1.82, 2.24) is 10.2 Å². The van der Waals surface area contributed by atoms with Crippen molar-refractivity contribution in [2.24, 2.45) is 0 Å². The smallest absolute Gasteiger partial charge is 0.0994 e. The summed E-state index contributed by atoms with van der Waals surface area (Å²) in [7, 11) is 0. The van der Waals surface area contributed by atoms with Crippen LogP contribution in [-0.2, 0) is 4.74 Å². The molecule has 3 rings (SSSR count). The fourth-order valence-corrected chi connectivity index (χ4v) is 3.01. The van der Waals surface area contributed by atoms with Crippen LogP contribution in [0.5, 0.6) is 0 Å². The second-order valence-corrected chi connectivity index (χ2v) is 5.31. The van der Waals surface area contributed by atoms with Gasteiger partial charge in [-0.1, -0.05) is 12.1 Å². The lowest BCUT2D eigenvalue weighted by Gasteiger charge is -2.43. The van der Waals surface area contributed by atoms with Gasteiger partial charge in [-0.3, -0.25) is 4.90 Å². The normalized spacial score (nSPS) is 27.6. The summed E-state index contributed by atoms with van der Waals surface area (Å²) in [6.07, 6.45) is 0.0997. The Labute approximate surface area is 114 Å². The molecule has 1 N–H and O–H groups in total. The van der Waals surface area contributed by atoms with Gasteiger partial charge in [-0.05, 0) is 24.1 Å². The molecule has 2 fully saturated rings. The molecule has 1 aromatic carbocycles. The van der Waals surface area contributed by atoms with Crippen molar-refractivity contribution in [3.05, 3.63) is 34.9 Å².